The van der Waals surface area contributed by atoms with Crippen molar-refractivity contribution in [1.29, 1.82) is 0 Å². The lowest BCUT2D eigenvalue weighted by molar-refractivity contribution is -0.695. The fraction of sp³-hybridized carbons (Fsp3) is 0.791. The van der Waals surface area contributed by atoms with Gasteiger partial charge in [0.1, 0.15) is 18.9 Å². The molecular weight excluding hydrogens is 544 g/mol. The molecule has 0 spiro atoms. The number of rotatable bonds is 33. The Balaban J connectivity index is 1.55. The maximum absolute atomic E-state index is 2.59. The topological polar surface area (TPSA) is 8.81 Å². The highest BCUT2D eigenvalue weighted by molar-refractivity contribution is 5.13. The predicted octanol–water partition coefficient (Wildman–Crippen LogP) is 13.7. The number of imidazole rings is 1. The molecule has 45 heavy (non-hydrogen) atoms. The zero-order valence-electron chi connectivity index (χ0n) is 30.6. The summed E-state index contributed by atoms with van der Waals surface area (Å²) < 4.78 is 5.12. The quantitative estimate of drug-likeness (QED) is 0.0554. The molecule has 0 saturated heterocycles. The van der Waals surface area contributed by atoms with Crippen LogP contribution < -0.4 is 4.57 Å². The van der Waals surface area contributed by atoms with Crippen molar-refractivity contribution in [2.24, 2.45) is 0 Å². The van der Waals surface area contributed by atoms with Gasteiger partial charge in [0.15, 0.2) is 0 Å². The van der Waals surface area contributed by atoms with Crippen molar-refractivity contribution in [1.82, 2.24) is 4.57 Å². The average molecular weight is 622 g/mol. The summed E-state index contributed by atoms with van der Waals surface area (Å²) in [4.78, 5) is 0. The van der Waals surface area contributed by atoms with Crippen molar-refractivity contribution in [3.05, 3.63) is 54.1 Å². The number of hydrogen-bond donors (Lipinski definition) is 0. The van der Waals surface area contributed by atoms with Gasteiger partial charge in [0.05, 0.1) is 6.54 Å². The molecule has 0 saturated carbocycles. The Kier molecular flexibility index (Phi) is 26.2. The van der Waals surface area contributed by atoms with E-state index in [1.165, 1.54) is 205 Å². The van der Waals surface area contributed by atoms with E-state index in [0.717, 1.165) is 6.54 Å². The van der Waals surface area contributed by atoms with Gasteiger partial charge in [-0.2, -0.15) is 0 Å². The van der Waals surface area contributed by atoms with Crippen LogP contribution in [0.2, 0.25) is 0 Å². The Hall–Kier alpha value is -1.57. The second kappa shape index (κ2) is 29.8. The molecule has 0 aliphatic carbocycles. The zero-order chi connectivity index (χ0) is 31.9. The Morgan fingerprint density at radius 1 is 0.444 bits per heavy atom. The Labute approximate surface area is 282 Å². The van der Waals surface area contributed by atoms with Crippen LogP contribution in [0.5, 0.6) is 0 Å². The van der Waals surface area contributed by atoms with Crippen molar-refractivity contribution < 1.29 is 4.57 Å². The molecule has 1 heterocycles. The smallest absolute Gasteiger partial charge is 0.234 e. The molecular formula is C43H77N2+. The van der Waals surface area contributed by atoms with Crippen molar-refractivity contribution in [2.75, 3.05) is 0 Å². The van der Waals surface area contributed by atoms with Crippen LogP contribution in [0.1, 0.15) is 211 Å². The third-order valence-corrected chi connectivity index (χ3v) is 10.0. The molecule has 1 aromatic heterocycles. The first-order valence-electron chi connectivity index (χ1n) is 20.5. The van der Waals surface area contributed by atoms with Crippen molar-refractivity contribution in [2.45, 2.75) is 220 Å². The molecule has 0 aliphatic rings. The molecule has 258 valence electrons. The molecule has 2 nitrogen and oxygen atoms in total. The predicted molar refractivity (Wildman–Crippen MR) is 199 cm³/mol. The maximum atomic E-state index is 2.59. The first kappa shape index (κ1) is 39.6. The van der Waals surface area contributed by atoms with E-state index in [0.29, 0.717) is 0 Å². The lowest BCUT2D eigenvalue weighted by Gasteiger charge is -2.07. The molecule has 0 amide bonds. The molecule has 0 N–H and O–H groups in total. The molecule has 2 aromatic rings. The van der Waals surface area contributed by atoms with Gasteiger partial charge in [0.2, 0.25) is 0 Å². The van der Waals surface area contributed by atoms with E-state index >= 15 is 0 Å². The number of aromatic nitrogens is 2. The molecule has 2 heteroatoms. The molecule has 0 aliphatic heterocycles. The SMILES string of the molecule is CCCCCCCCCCCCCCCCCCCn1cc[n+](Cc2ccccc2)c1CCCCCCCCCCCCCC. The molecule has 0 atom stereocenters. The van der Waals surface area contributed by atoms with E-state index in [-0.39, 0.29) is 0 Å². The normalized spacial score (nSPS) is 11.5. The minimum Gasteiger partial charge on any atom is -0.234 e. The van der Waals surface area contributed by atoms with Gasteiger partial charge in [-0.15, -0.1) is 0 Å². The first-order chi connectivity index (χ1) is 22.3. The Morgan fingerprint density at radius 3 is 1.24 bits per heavy atom. The highest BCUT2D eigenvalue weighted by Gasteiger charge is 2.17. The van der Waals surface area contributed by atoms with Crippen LogP contribution >= 0.6 is 0 Å². The summed E-state index contributed by atoms with van der Waals surface area (Å²) in [5, 5.41) is 0. The monoisotopic (exact) mass is 622 g/mol. The summed E-state index contributed by atoms with van der Waals surface area (Å²) in [6.45, 7) is 6.80. The van der Waals surface area contributed by atoms with E-state index in [9.17, 15) is 0 Å². The van der Waals surface area contributed by atoms with Crippen molar-refractivity contribution >= 4 is 0 Å². The number of hydrogen-bond acceptors (Lipinski definition) is 0. The van der Waals surface area contributed by atoms with E-state index in [2.05, 4.69) is 65.7 Å². The van der Waals surface area contributed by atoms with E-state index in [1.807, 2.05) is 0 Å². The summed E-state index contributed by atoms with van der Waals surface area (Å²) in [7, 11) is 0. The van der Waals surface area contributed by atoms with Crippen LogP contribution in [-0.2, 0) is 19.5 Å². The lowest BCUT2D eigenvalue weighted by Crippen LogP contribution is -2.37. The second-order valence-electron chi connectivity index (χ2n) is 14.3. The van der Waals surface area contributed by atoms with Crippen molar-refractivity contribution in [3.63, 3.8) is 0 Å². The van der Waals surface area contributed by atoms with E-state index < -0.39 is 0 Å². The van der Waals surface area contributed by atoms with Gasteiger partial charge in [-0.1, -0.05) is 211 Å². The largest absolute Gasteiger partial charge is 0.256 e. The maximum Gasteiger partial charge on any atom is 0.256 e. The third-order valence-electron chi connectivity index (χ3n) is 10.0. The second-order valence-corrected chi connectivity index (χ2v) is 14.3. The fourth-order valence-corrected chi connectivity index (χ4v) is 7.04. The first-order valence-corrected chi connectivity index (χ1v) is 20.5. The third kappa shape index (κ3) is 21.8. The van der Waals surface area contributed by atoms with Crippen LogP contribution in [0.15, 0.2) is 42.7 Å². The minimum absolute atomic E-state index is 1.00. The van der Waals surface area contributed by atoms with Crippen LogP contribution in [0.25, 0.3) is 0 Å². The summed E-state index contributed by atoms with van der Waals surface area (Å²) in [6, 6.07) is 11.0. The number of aryl methyl sites for hydroxylation is 1. The minimum atomic E-state index is 1.00. The van der Waals surface area contributed by atoms with Crippen LogP contribution in [-0.4, -0.2) is 4.57 Å². The van der Waals surface area contributed by atoms with E-state index in [1.54, 1.807) is 5.82 Å². The molecule has 1 aromatic carbocycles. The van der Waals surface area contributed by atoms with Crippen LogP contribution in [0.4, 0.5) is 0 Å². The summed E-state index contributed by atoms with van der Waals surface area (Å²) in [6.07, 6.45) is 47.4. The fourth-order valence-electron chi connectivity index (χ4n) is 7.04. The van der Waals surface area contributed by atoms with Gasteiger partial charge in [-0.3, -0.25) is 0 Å². The summed E-state index contributed by atoms with van der Waals surface area (Å²) in [5.41, 5.74) is 1.41. The van der Waals surface area contributed by atoms with E-state index in [4.69, 9.17) is 0 Å². The van der Waals surface area contributed by atoms with Crippen molar-refractivity contribution in [3.8, 4) is 0 Å². The molecule has 0 radical (unpaired) electrons. The van der Waals surface area contributed by atoms with Crippen LogP contribution in [0, 0.1) is 0 Å². The van der Waals surface area contributed by atoms with Gasteiger partial charge in [0, 0.05) is 6.42 Å². The van der Waals surface area contributed by atoms with Gasteiger partial charge in [0.25, 0.3) is 5.82 Å². The molecule has 0 unspecified atom stereocenters. The summed E-state index contributed by atoms with van der Waals surface area (Å²) in [5.74, 6) is 1.54. The standard InChI is InChI=1S/C43H77N2/c1-3-5-7-9-11-13-15-17-18-19-20-21-23-25-27-29-34-38-44-39-40-45(41-42-35-31-30-32-36-42)43(44)37-33-28-26-24-22-16-14-12-10-8-6-4-2/h30-32,35-36,39-40H,3-29,33-34,37-38,41H2,1-2H3/q+1. The summed E-state index contributed by atoms with van der Waals surface area (Å²) >= 11 is 0. The molecule has 2 rings (SSSR count). The van der Waals surface area contributed by atoms with Gasteiger partial charge >= 0.3 is 0 Å². The lowest BCUT2D eigenvalue weighted by atomic mass is 10.0. The Morgan fingerprint density at radius 2 is 0.822 bits per heavy atom. The Bertz CT molecular complexity index is 869. The number of nitrogens with zero attached hydrogens (tertiary/aromatic N) is 2. The zero-order valence-corrected chi connectivity index (χ0v) is 30.6. The highest BCUT2D eigenvalue weighted by atomic mass is 15.1. The highest BCUT2D eigenvalue weighted by Crippen LogP contribution is 2.16. The van der Waals surface area contributed by atoms with Crippen LogP contribution in [0.3, 0.4) is 0 Å². The number of unbranched alkanes of at least 4 members (excludes halogenated alkanes) is 27. The van der Waals surface area contributed by atoms with Gasteiger partial charge in [-0.05, 0) is 24.8 Å². The number of benzene rings is 1. The van der Waals surface area contributed by atoms with Gasteiger partial charge in [-0.25, -0.2) is 9.13 Å². The molecule has 0 bridgehead atoms. The molecule has 0 fully saturated rings. The average Bonchev–Trinajstić information content (AvgIpc) is 3.44. The van der Waals surface area contributed by atoms with Gasteiger partial charge < -0.3 is 0 Å².